The lowest BCUT2D eigenvalue weighted by Gasteiger charge is -2.08. The first-order valence-electron chi connectivity index (χ1n) is 8.43. The monoisotopic (exact) mass is 312 g/mol. The van der Waals surface area contributed by atoms with Gasteiger partial charge < -0.3 is 14.9 Å². The number of unbranched alkanes of at least 4 members (excludes halogenated alkanes) is 6. The second-order valence-corrected chi connectivity index (χ2v) is 5.46. The van der Waals surface area contributed by atoms with Gasteiger partial charge in [-0.3, -0.25) is 0 Å². The molecule has 4 heteroatoms. The lowest BCUT2D eigenvalue weighted by molar-refractivity contribution is -0.137. The van der Waals surface area contributed by atoms with Gasteiger partial charge in [0.05, 0.1) is 12.7 Å². The first-order chi connectivity index (χ1) is 10.6. The van der Waals surface area contributed by atoms with Crippen LogP contribution in [0.1, 0.15) is 65.2 Å². The Bertz CT molecular complexity index is 332. The van der Waals surface area contributed by atoms with E-state index in [2.05, 4.69) is 6.08 Å². The maximum atomic E-state index is 11.4. The van der Waals surface area contributed by atoms with Gasteiger partial charge in [0.25, 0.3) is 0 Å². The molecule has 0 aliphatic heterocycles. The Hall–Kier alpha value is -1.13. The highest BCUT2D eigenvalue weighted by Gasteiger charge is 2.06. The van der Waals surface area contributed by atoms with Crippen molar-refractivity contribution in [2.24, 2.45) is 0 Å². The van der Waals surface area contributed by atoms with E-state index in [1.54, 1.807) is 13.8 Å². The van der Waals surface area contributed by atoms with Crippen LogP contribution in [0.15, 0.2) is 23.8 Å². The van der Waals surface area contributed by atoms with Crippen LogP contribution in [0.2, 0.25) is 0 Å². The first kappa shape index (κ1) is 20.9. The van der Waals surface area contributed by atoms with E-state index in [-0.39, 0.29) is 0 Å². The molecule has 0 aromatic heterocycles. The third kappa shape index (κ3) is 12.6. The minimum atomic E-state index is -0.638. The molecular weight excluding hydrogens is 280 g/mol. The molecule has 0 aromatic carbocycles. The van der Waals surface area contributed by atoms with Crippen LogP contribution in [0.3, 0.4) is 0 Å². The fraction of sp³-hybridized carbons (Fsp3) is 0.722. The zero-order valence-electron chi connectivity index (χ0n) is 14.1. The van der Waals surface area contributed by atoms with Crippen LogP contribution >= 0.6 is 0 Å². The number of aliphatic hydroxyl groups is 2. The number of rotatable bonds is 13. The molecule has 1 atom stereocenters. The largest absolute Gasteiger partial charge is 0.463 e. The van der Waals surface area contributed by atoms with Gasteiger partial charge in [-0.15, -0.1) is 0 Å². The molecule has 0 aliphatic carbocycles. The SMILES string of the molecule is CCOC(=O)/C=C(/C/C=C/CCCCCCCCO)C(C)O. The summed E-state index contributed by atoms with van der Waals surface area (Å²) in [5.41, 5.74) is 0.679. The lowest BCUT2D eigenvalue weighted by Crippen LogP contribution is -2.08. The second kappa shape index (κ2) is 14.8. The Kier molecular flexibility index (Phi) is 14.0. The number of hydrogen-bond donors (Lipinski definition) is 2. The molecule has 0 saturated heterocycles. The predicted octanol–water partition coefficient (Wildman–Crippen LogP) is 3.53. The molecule has 128 valence electrons. The van der Waals surface area contributed by atoms with E-state index in [9.17, 15) is 9.90 Å². The van der Waals surface area contributed by atoms with Crippen molar-refractivity contribution < 1.29 is 19.7 Å². The second-order valence-electron chi connectivity index (χ2n) is 5.46. The first-order valence-corrected chi connectivity index (χ1v) is 8.43. The van der Waals surface area contributed by atoms with Crippen molar-refractivity contribution in [3.8, 4) is 0 Å². The van der Waals surface area contributed by atoms with Crippen molar-refractivity contribution in [1.82, 2.24) is 0 Å². The molecule has 4 nitrogen and oxygen atoms in total. The summed E-state index contributed by atoms with van der Waals surface area (Å²) in [7, 11) is 0. The van der Waals surface area contributed by atoms with E-state index in [1.165, 1.54) is 25.3 Å². The Labute approximate surface area is 134 Å². The number of carbonyl (C=O) groups is 1. The lowest BCUT2D eigenvalue weighted by atomic mass is 10.1. The van der Waals surface area contributed by atoms with Crippen molar-refractivity contribution in [1.29, 1.82) is 0 Å². The van der Waals surface area contributed by atoms with Crippen LogP contribution in [0, 0.1) is 0 Å². The smallest absolute Gasteiger partial charge is 0.330 e. The zero-order valence-corrected chi connectivity index (χ0v) is 14.1. The average Bonchev–Trinajstić information content (AvgIpc) is 2.48. The molecule has 0 aliphatic rings. The molecule has 0 radical (unpaired) electrons. The number of hydrogen-bond acceptors (Lipinski definition) is 4. The Balaban J connectivity index is 3.85. The van der Waals surface area contributed by atoms with E-state index in [4.69, 9.17) is 9.84 Å². The standard InChI is InChI=1S/C18H32O4/c1-3-22-18(21)15-17(16(2)20)13-11-9-7-5-4-6-8-10-12-14-19/h9,11,15-16,19-20H,3-8,10,12-14H2,1-2H3/b11-9+,17-15-. The van der Waals surface area contributed by atoms with E-state index in [1.807, 2.05) is 6.08 Å². The van der Waals surface area contributed by atoms with Crippen LogP contribution in [-0.2, 0) is 9.53 Å². The number of ether oxygens (including phenoxy) is 1. The molecule has 0 heterocycles. The minimum Gasteiger partial charge on any atom is -0.463 e. The van der Waals surface area contributed by atoms with Gasteiger partial charge in [0.1, 0.15) is 0 Å². The van der Waals surface area contributed by atoms with E-state index in [0.29, 0.717) is 25.2 Å². The summed E-state index contributed by atoms with van der Waals surface area (Å²) >= 11 is 0. The molecule has 0 fully saturated rings. The summed E-state index contributed by atoms with van der Waals surface area (Å²) in [4.78, 5) is 11.4. The molecule has 0 saturated carbocycles. The predicted molar refractivity (Wildman–Crippen MR) is 89.6 cm³/mol. The Morgan fingerprint density at radius 1 is 1.09 bits per heavy atom. The summed E-state index contributed by atoms with van der Waals surface area (Å²) in [6.45, 7) is 4.06. The van der Waals surface area contributed by atoms with Crippen molar-refractivity contribution in [3.05, 3.63) is 23.8 Å². The third-order valence-electron chi connectivity index (χ3n) is 3.43. The molecule has 22 heavy (non-hydrogen) atoms. The van der Waals surface area contributed by atoms with Gasteiger partial charge in [0.2, 0.25) is 0 Å². The highest BCUT2D eigenvalue weighted by molar-refractivity contribution is 5.83. The van der Waals surface area contributed by atoms with Gasteiger partial charge >= 0.3 is 5.97 Å². The molecule has 0 rings (SSSR count). The summed E-state index contributed by atoms with van der Waals surface area (Å²) in [6.07, 6.45) is 13.3. The minimum absolute atomic E-state index is 0.299. The van der Waals surface area contributed by atoms with Crippen LogP contribution in [0.25, 0.3) is 0 Å². The number of esters is 1. The van der Waals surface area contributed by atoms with E-state index >= 15 is 0 Å². The maximum absolute atomic E-state index is 11.4. The quantitative estimate of drug-likeness (QED) is 0.236. The number of allylic oxidation sites excluding steroid dienone is 2. The average molecular weight is 312 g/mol. The summed E-state index contributed by atoms with van der Waals surface area (Å²) in [6, 6.07) is 0. The van der Waals surface area contributed by atoms with Gasteiger partial charge in [-0.1, -0.05) is 37.8 Å². The maximum Gasteiger partial charge on any atom is 0.330 e. The van der Waals surface area contributed by atoms with Crippen LogP contribution in [-0.4, -0.2) is 35.5 Å². The molecular formula is C18H32O4. The van der Waals surface area contributed by atoms with Crippen LogP contribution < -0.4 is 0 Å². The highest BCUT2D eigenvalue weighted by atomic mass is 16.5. The Morgan fingerprint density at radius 2 is 1.73 bits per heavy atom. The fourth-order valence-electron chi connectivity index (χ4n) is 2.10. The van der Waals surface area contributed by atoms with E-state index in [0.717, 1.165) is 25.7 Å². The zero-order chi connectivity index (χ0) is 16.6. The Morgan fingerprint density at radius 3 is 2.32 bits per heavy atom. The van der Waals surface area contributed by atoms with Crippen molar-refractivity contribution in [2.45, 2.75) is 71.3 Å². The molecule has 1 unspecified atom stereocenters. The van der Waals surface area contributed by atoms with Crippen LogP contribution in [0.4, 0.5) is 0 Å². The number of carbonyl (C=O) groups excluding carboxylic acids is 1. The van der Waals surface area contributed by atoms with Crippen molar-refractivity contribution in [2.75, 3.05) is 13.2 Å². The topological polar surface area (TPSA) is 66.8 Å². The fourth-order valence-corrected chi connectivity index (χ4v) is 2.10. The molecule has 2 N–H and O–H groups in total. The number of aliphatic hydroxyl groups excluding tert-OH is 2. The normalized spacial score (nSPS) is 13.5. The van der Waals surface area contributed by atoms with Gasteiger partial charge in [0, 0.05) is 12.7 Å². The van der Waals surface area contributed by atoms with Gasteiger partial charge in [-0.05, 0) is 45.1 Å². The van der Waals surface area contributed by atoms with Crippen molar-refractivity contribution >= 4 is 5.97 Å². The van der Waals surface area contributed by atoms with E-state index < -0.39 is 12.1 Å². The van der Waals surface area contributed by atoms with Crippen LogP contribution in [0.5, 0.6) is 0 Å². The highest BCUT2D eigenvalue weighted by Crippen LogP contribution is 2.11. The van der Waals surface area contributed by atoms with Gasteiger partial charge in [-0.2, -0.15) is 0 Å². The summed E-state index contributed by atoms with van der Waals surface area (Å²) < 4.78 is 4.86. The molecule has 0 bridgehead atoms. The summed E-state index contributed by atoms with van der Waals surface area (Å²) in [5.74, 6) is -0.394. The van der Waals surface area contributed by atoms with Crippen molar-refractivity contribution in [3.63, 3.8) is 0 Å². The summed E-state index contributed by atoms with van der Waals surface area (Å²) in [5, 5.41) is 18.3. The molecule has 0 amide bonds. The van der Waals surface area contributed by atoms with Gasteiger partial charge in [0.15, 0.2) is 0 Å². The molecule has 0 aromatic rings. The third-order valence-corrected chi connectivity index (χ3v) is 3.43. The molecule has 0 spiro atoms. The van der Waals surface area contributed by atoms with Gasteiger partial charge in [-0.25, -0.2) is 4.79 Å².